The number of thiophene rings is 3. The van der Waals surface area contributed by atoms with E-state index in [9.17, 15) is 44.1 Å². The molecule has 3 saturated heterocycles. The van der Waals surface area contributed by atoms with Gasteiger partial charge in [-0.3, -0.25) is 14.4 Å². The topological polar surface area (TPSA) is 212 Å². The number of β-lactam (4-membered cyclic amide) rings is 3. The van der Waals surface area contributed by atoms with Crippen molar-refractivity contribution in [3.63, 3.8) is 0 Å². The number of aryl methyl sites for hydroxylation is 3. The standard InChI is InChI=1S/C26H35NO4S.C24H31NO4S.C23H29NO4S/c1-4-5-6-10-23(28)19-11-13-20(14-12-19)27-21(17-25(27)29)8-7-9-22-15-16-24(32-22)26(30)31-18(2)3;1-3-4-5-9-21(26)17-10-12-18(13-11-17)25-19(16-23(25)27)7-6-8-20-14-15-22(30-20)24(28)29-2;1-2-3-4-8-20(25)16-9-11-17(12-10-16)24-18(15-22(24)26)6-5-7-19-13-14-21(29-19)23(27)28/h11-16,18,21,23,28H,4-10,17H2,1-3H3;10-15,19,21,26H,3-9,16H2,1-2H3;9-14,18,20,25H,2-8,15H2,1H3,(H,27,28)/t21-,23?;19-,21?;18-,20?/m000/s1. The predicted molar refractivity (Wildman–Crippen MR) is 365 cm³/mol. The van der Waals surface area contributed by atoms with Crippen molar-refractivity contribution >= 4 is 86.7 Å². The van der Waals surface area contributed by atoms with Crippen LogP contribution in [-0.4, -0.2) is 87.4 Å². The lowest BCUT2D eigenvalue weighted by molar-refractivity contribution is -0.125. The molecular weight excluding hydrogens is 1210 g/mol. The molecular formula is C73H95N3O12S3. The molecule has 6 aromatic rings. The van der Waals surface area contributed by atoms with E-state index < -0.39 is 24.3 Å². The average molecular weight is 1300 g/mol. The maximum atomic E-state index is 12.3. The van der Waals surface area contributed by atoms with Gasteiger partial charge in [-0.2, -0.15) is 0 Å². The van der Waals surface area contributed by atoms with E-state index in [-0.39, 0.29) is 53.9 Å². The maximum Gasteiger partial charge on any atom is 0.348 e. The number of ether oxygens (including phenoxy) is 2. The molecule has 3 aromatic carbocycles. The van der Waals surface area contributed by atoms with Gasteiger partial charge in [-0.15, -0.1) is 34.0 Å². The number of aliphatic hydroxyl groups is 3. The minimum atomic E-state index is -0.879. The molecule has 0 spiro atoms. The second kappa shape index (κ2) is 36.6. The van der Waals surface area contributed by atoms with Crippen LogP contribution in [0.15, 0.2) is 109 Å². The number of aliphatic hydroxyl groups excluding tert-OH is 3. The number of hydrogen-bond donors (Lipinski definition) is 4. The van der Waals surface area contributed by atoms with Gasteiger partial charge in [0.1, 0.15) is 14.6 Å². The van der Waals surface area contributed by atoms with Crippen molar-refractivity contribution in [3.05, 3.63) is 155 Å². The molecule has 9 rings (SSSR count). The molecule has 3 fully saturated rings. The van der Waals surface area contributed by atoms with Crippen molar-refractivity contribution in [2.75, 3.05) is 21.8 Å². The van der Waals surface area contributed by atoms with E-state index in [0.29, 0.717) is 33.9 Å². The molecule has 3 amide bonds. The summed E-state index contributed by atoms with van der Waals surface area (Å²) in [4.78, 5) is 81.8. The summed E-state index contributed by atoms with van der Waals surface area (Å²) in [5, 5.41) is 40.0. The first-order chi connectivity index (χ1) is 43.9. The highest BCUT2D eigenvalue weighted by Gasteiger charge is 2.39. The molecule has 3 aliphatic heterocycles. The van der Waals surface area contributed by atoms with Crippen LogP contribution in [0.4, 0.5) is 17.1 Å². The van der Waals surface area contributed by atoms with E-state index in [0.717, 1.165) is 178 Å². The van der Waals surface area contributed by atoms with Crippen LogP contribution in [0.3, 0.4) is 0 Å². The van der Waals surface area contributed by atoms with E-state index in [1.165, 1.54) is 46.0 Å². The minimum Gasteiger partial charge on any atom is -0.477 e. The van der Waals surface area contributed by atoms with Crippen molar-refractivity contribution in [2.24, 2.45) is 0 Å². The molecule has 3 unspecified atom stereocenters. The summed E-state index contributed by atoms with van der Waals surface area (Å²) in [5.74, 6) is -0.986. The molecule has 4 N–H and O–H groups in total. The lowest BCUT2D eigenvalue weighted by Crippen LogP contribution is -2.52. The molecule has 0 bridgehead atoms. The first kappa shape index (κ1) is 71.9. The quantitative estimate of drug-likeness (QED) is 0.0169. The van der Waals surface area contributed by atoms with Crippen molar-refractivity contribution in [1.29, 1.82) is 0 Å². The number of esters is 2. The summed E-state index contributed by atoms with van der Waals surface area (Å²) in [5.41, 5.74) is 5.44. The number of carbonyl (C=O) groups is 6. The van der Waals surface area contributed by atoms with Crippen LogP contribution in [0.25, 0.3) is 0 Å². The van der Waals surface area contributed by atoms with Crippen LogP contribution in [0.5, 0.6) is 0 Å². The number of methoxy groups -OCH3 is 1. The van der Waals surface area contributed by atoms with Crippen molar-refractivity contribution in [1.82, 2.24) is 0 Å². The predicted octanol–water partition coefficient (Wildman–Crippen LogP) is 16.5. The van der Waals surface area contributed by atoms with Crippen LogP contribution in [0.1, 0.15) is 248 Å². The Labute approximate surface area is 550 Å². The number of amides is 3. The molecule has 6 atom stereocenters. The first-order valence-corrected chi connectivity index (χ1v) is 35.4. The number of hydrogen-bond acceptors (Lipinski definition) is 14. The zero-order chi connectivity index (χ0) is 65.4. The lowest BCUT2D eigenvalue weighted by atomic mass is 9.94. The van der Waals surface area contributed by atoms with Crippen LogP contribution in [0, 0.1) is 0 Å². The fourth-order valence-corrected chi connectivity index (χ4v) is 14.6. The average Bonchev–Trinajstić information content (AvgIpc) is 1.92. The summed E-state index contributed by atoms with van der Waals surface area (Å²) in [6.07, 6.45) is 20.7. The van der Waals surface area contributed by atoms with Gasteiger partial charge in [0.2, 0.25) is 17.7 Å². The number of rotatable bonds is 34. The number of carboxylic acids is 1. The van der Waals surface area contributed by atoms with Crippen molar-refractivity contribution in [2.45, 2.75) is 231 Å². The molecule has 0 saturated carbocycles. The Kier molecular flexibility index (Phi) is 28.9. The number of anilines is 3. The van der Waals surface area contributed by atoms with Gasteiger partial charge in [-0.1, -0.05) is 115 Å². The fourth-order valence-electron chi connectivity index (χ4n) is 11.8. The minimum absolute atomic E-state index is 0.117. The Morgan fingerprint density at radius 1 is 0.451 bits per heavy atom. The summed E-state index contributed by atoms with van der Waals surface area (Å²) in [6.45, 7) is 10.2. The zero-order valence-corrected chi connectivity index (χ0v) is 56.5. The maximum absolute atomic E-state index is 12.3. The van der Waals surface area contributed by atoms with Gasteiger partial charge < -0.3 is 44.6 Å². The van der Waals surface area contributed by atoms with E-state index in [1.807, 2.05) is 132 Å². The summed E-state index contributed by atoms with van der Waals surface area (Å²) >= 11 is 4.29. The summed E-state index contributed by atoms with van der Waals surface area (Å²) in [6, 6.07) is 35.1. The number of unbranched alkanes of at least 4 members (excludes halogenated alkanes) is 6. The summed E-state index contributed by atoms with van der Waals surface area (Å²) in [7, 11) is 1.39. The number of carboxylic acid groups (broad SMARTS) is 1. The Morgan fingerprint density at radius 3 is 1.03 bits per heavy atom. The van der Waals surface area contributed by atoms with Gasteiger partial charge >= 0.3 is 17.9 Å². The highest BCUT2D eigenvalue weighted by atomic mass is 32.1. The van der Waals surface area contributed by atoms with Crippen LogP contribution < -0.4 is 14.7 Å². The third-order valence-electron chi connectivity index (χ3n) is 17.1. The molecule has 15 nitrogen and oxygen atoms in total. The van der Waals surface area contributed by atoms with Gasteiger partial charge in [-0.05, 0) is 180 Å². The molecule has 0 radical (unpaired) electrons. The Bertz CT molecular complexity index is 3240. The number of nitrogens with zero attached hydrogens (tertiary/aromatic N) is 3. The second-order valence-corrected chi connectivity index (χ2v) is 27.9. The molecule has 0 aliphatic carbocycles. The molecule has 6 heterocycles. The number of benzene rings is 3. The highest BCUT2D eigenvalue weighted by molar-refractivity contribution is 7.14. The Morgan fingerprint density at radius 2 is 0.758 bits per heavy atom. The highest BCUT2D eigenvalue weighted by Crippen LogP contribution is 2.36. The Balaban J connectivity index is 0.000000194. The number of carbonyl (C=O) groups excluding carboxylic acids is 5. The second-order valence-electron chi connectivity index (χ2n) is 24.4. The van der Waals surface area contributed by atoms with Gasteiger partial charge in [0, 0.05) is 69.1 Å². The largest absolute Gasteiger partial charge is 0.477 e. The number of aromatic carboxylic acids is 1. The zero-order valence-electron chi connectivity index (χ0n) is 54.0. The van der Waals surface area contributed by atoms with E-state index in [2.05, 4.69) is 20.8 Å². The van der Waals surface area contributed by atoms with E-state index in [1.54, 1.807) is 6.07 Å². The summed E-state index contributed by atoms with van der Waals surface area (Å²) < 4.78 is 10.0. The van der Waals surface area contributed by atoms with Gasteiger partial charge in [0.15, 0.2) is 0 Å². The molecule has 3 aromatic heterocycles. The first-order valence-electron chi connectivity index (χ1n) is 33.0. The smallest absolute Gasteiger partial charge is 0.348 e. The molecule has 3 aliphatic rings. The fraction of sp³-hybridized carbons (Fsp3) is 0.507. The van der Waals surface area contributed by atoms with Crippen molar-refractivity contribution < 1.29 is 58.7 Å². The third-order valence-corrected chi connectivity index (χ3v) is 20.4. The molecule has 492 valence electrons. The van der Waals surface area contributed by atoms with Crippen LogP contribution >= 0.6 is 34.0 Å². The Hall–Kier alpha value is -6.54. The van der Waals surface area contributed by atoms with Crippen molar-refractivity contribution in [3.8, 4) is 0 Å². The molecule has 91 heavy (non-hydrogen) atoms. The van der Waals surface area contributed by atoms with Gasteiger partial charge in [0.25, 0.3) is 0 Å². The van der Waals surface area contributed by atoms with E-state index >= 15 is 0 Å². The van der Waals surface area contributed by atoms with Gasteiger partial charge in [0.05, 0.1) is 31.5 Å². The van der Waals surface area contributed by atoms with Crippen LogP contribution in [0.2, 0.25) is 0 Å². The molecule has 18 heteroatoms. The van der Waals surface area contributed by atoms with Gasteiger partial charge in [-0.25, -0.2) is 14.4 Å². The van der Waals surface area contributed by atoms with E-state index in [4.69, 9.17) is 14.6 Å². The van der Waals surface area contributed by atoms with Crippen LogP contribution in [-0.2, 0) is 43.1 Å². The normalized spacial score (nSPS) is 17.0. The third kappa shape index (κ3) is 21.2. The lowest BCUT2D eigenvalue weighted by Gasteiger charge is -2.40. The monoisotopic (exact) mass is 1300 g/mol. The SMILES string of the molecule is CCCCCC(O)c1ccc(N2C(=O)C[C@@H]2CCCc2ccc(C(=O)O)s2)cc1.CCCCCC(O)c1ccc(N2C(=O)C[C@@H]2CCCc2ccc(C(=O)OC(C)C)s2)cc1.CCCCCC(O)c1ccc(N2C(=O)C[C@@H]2CCCc2ccc(C(=O)OC)s2)cc1.